The summed E-state index contributed by atoms with van der Waals surface area (Å²) < 4.78 is 7.18. The summed E-state index contributed by atoms with van der Waals surface area (Å²) in [5.74, 6) is 0.499. The van der Waals surface area contributed by atoms with Crippen LogP contribution in [0.5, 0.6) is 5.75 Å². The number of benzene rings is 2. The van der Waals surface area contributed by atoms with Gasteiger partial charge in [0, 0.05) is 11.3 Å². The molecule has 0 fully saturated rings. The van der Waals surface area contributed by atoms with Gasteiger partial charge in [-0.1, -0.05) is 23.9 Å². The van der Waals surface area contributed by atoms with Crippen LogP contribution in [0.15, 0.2) is 60.0 Å². The fourth-order valence-corrected chi connectivity index (χ4v) is 3.38. The number of anilines is 1. The SMILES string of the molecule is COc1ccccc1-n1cnnc1S[C@@H](C)C(=O)Nc1ccc(C(C)=O)cc1. The van der Waals surface area contributed by atoms with Crippen molar-refractivity contribution in [2.24, 2.45) is 0 Å². The number of methoxy groups -OCH3 is 1. The standard InChI is InChI=1S/C20H20N4O3S/c1-13(25)15-8-10-16(11-9-15)22-19(26)14(2)28-20-23-21-12-24(20)17-6-4-5-7-18(17)27-3/h4-12,14H,1-3H3,(H,22,26)/t14-/m0/s1. The minimum absolute atomic E-state index is 0.0162. The summed E-state index contributed by atoms with van der Waals surface area (Å²) in [6.07, 6.45) is 1.59. The van der Waals surface area contributed by atoms with Crippen molar-refractivity contribution in [2.45, 2.75) is 24.3 Å². The number of ketones is 1. The van der Waals surface area contributed by atoms with E-state index in [1.165, 1.54) is 18.7 Å². The number of rotatable bonds is 7. The van der Waals surface area contributed by atoms with E-state index in [1.54, 1.807) is 49.2 Å². The summed E-state index contributed by atoms with van der Waals surface area (Å²) in [5.41, 5.74) is 2.03. The number of carbonyl (C=O) groups is 2. The van der Waals surface area contributed by atoms with E-state index in [0.717, 1.165) is 5.69 Å². The second kappa shape index (κ2) is 8.71. The smallest absolute Gasteiger partial charge is 0.237 e. The fraction of sp³-hybridized carbons (Fsp3) is 0.200. The molecule has 0 aliphatic carbocycles. The first-order valence-electron chi connectivity index (χ1n) is 8.61. The van der Waals surface area contributed by atoms with Gasteiger partial charge in [-0.2, -0.15) is 0 Å². The number of para-hydroxylation sites is 2. The van der Waals surface area contributed by atoms with Gasteiger partial charge in [-0.15, -0.1) is 10.2 Å². The second-order valence-corrected chi connectivity index (χ2v) is 7.35. The quantitative estimate of drug-likeness (QED) is 0.485. The number of nitrogens with zero attached hydrogens (tertiary/aromatic N) is 3. The van der Waals surface area contributed by atoms with Crippen molar-refractivity contribution < 1.29 is 14.3 Å². The summed E-state index contributed by atoms with van der Waals surface area (Å²) in [6.45, 7) is 3.30. The molecule has 2 aromatic carbocycles. The molecule has 0 saturated carbocycles. The highest BCUT2D eigenvalue weighted by Crippen LogP contribution is 2.29. The number of carbonyl (C=O) groups excluding carboxylic acids is 2. The van der Waals surface area contributed by atoms with Gasteiger partial charge in [0.2, 0.25) is 5.91 Å². The zero-order chi connectivity index (χ0) is 20.1. The van der Waals surface area contributed by atoms with Gasteiger partial charge >= 0.3 is 0 Å². The summed E-state index contributed by atoms with van der Waals surface area (Å²) in [6, 6.07) is 14.3. The van der Waals surface area contributed by atoms with E-state index in [9.17, 15) is 9.59 Å². The van der Waals surface area contributed by atoms with Crippen LogP contribution < -0.4 is 10.1 Å². The number of hydrogen-bond acceptors (Lipinski definition) is 6. The van der Waals surface area contributed by atoms with E-state index in [1.807, 2.05) is 24.3 Å². The van der Waals surface area contributed by atoms with E-state index < -0.39 is 5.25 Å². The third-order valence-electron chi connectivity index (χ3n) is 4.07. The Bertz CT molecular complexity index is 985. The zero-order valence-electron chi connectivity index (χ0n) is 15.7. The number of Topliss-reactive ketones (excluding diaryl/α,β-unsaturated/α-hetero) is 1. The van der Waals surface area contributed by atoms with Gasteiger partial charge in [0.1, 0.15) is 12.1 Å². The molecule has 3 aromatic rings. The van der Waals surface area contributed by atoms with E-state index in [-0.39, 0.29) is 11.7 Å². The van der Waals surface area contributed by atoms with Crippen LogP contribution in [-0.4, -0.2) is 38.8 Å². The topological polar surface area (TPSA) is 86.1 Å². The molecular formula is C20H20N4O3S. The van der Waals surface area contributed by atoms with Gasteiger partial charge in [0.25, 0.3) is 0 Å². The van der Waals surface area contributed by atoms with Crippen molar-refractivity contribution in [3.63, 3.8) is 0 Å². The Morgan fingerprint density at radius 3 is 2.54 bits per heavy atom. The Morgan fingerprint density at radius 1 is 1.14 bits per heavy atom. The average Bonchev–Trinajstić information content (AvgIpc) is 3.16. The van der Waals surface area contributed by atoms with E-state index in [4.69, 9.17) is 4.74 Å². The lowest BCUT2D eigenvalue weighted by molar-refractivity contribution is -0.115. The van der Waals surface area contributed by atoms with Crippen LogP contribution in [-0.2, 0) is 4.79 Å². The van der Waals surface area contributed by atoms with E-state index >= 15 is 0 Å². The molecule has 0 saturated heterocycles. The van der Waals surface area contributed by atoms with E-state index in [2.05, 4.69) is 15.5 Å². The summed E-state index contributed by atoms with van der Waals surface area (Å²) >= 11 is 1.29. The first-order valence-corrected chi connectivity index (χ1v) is 9.49. The van der Waals surface area contributed by atoms with Gasteiger partial charge < -0.3 is 10.1 Å². The third-order valence-corrected chi connectivity index (χ3v) is 5.13. The van der Waals surface area contributed by atoms with Gasteiger partial charge in [0.05, 0.1) is 18.0 Å². The minimum atomic E-state index is -0.412. The maximum Gasteiger partial charge on any atom is 0.237 e. The first-order chi connectivity index (χ1) is 13.5. The highest BCUT2D eigenvalue weighted by Gasteiger charge is 2.19. The molecule has 1 atom stereocenters. The fourth-order valence-electron chi connectivity index (χ4n) is 2.54. The van der Waals surface area contributed by atoms with Gasteiger partial charge in [-0.25, -0.2) is 0 Å². The number of hydrogen-bond donors (Lipinski definition) is 1. The van der Waals surface area contributed by atoms with Crippen molar-refractivity contribution in [2.75, 3.05) is 12.4 Å². The molecular weight excluding hydrogens is 376 g/mol. The van der Waals surface area contributed by atoms with Crippen LogP contribution in [0.2, 0.25) is 0 Å². The van der Waals surface area contributed by atoms with Crippen LogP contribution in [0.3, 0.4) is 0 Å². The molecule has 0 aliphatic heterocycles. The molecule has 8 heteroatoms. The molecule has 144 valence electrons. The lowest BCUT2D eigenvalue weighted by Gasteiger charge is -2.14. The Kier molecular flexibility index (Phi) is 6.10. The predicted molar refractivity (Wildman–Crippen MR) is 108 cm³/mol. The van der Waals surface area contributed by atoms with E-state index in [0.29, 0.717) is 22.2 Å². The van der Waals surface area contributed by atoms with Crippen LogP contribution in [0, 0.1) is 0 Å². The maximum atomic E-state index is 12.5. The number of amides is 1. The molecule has 0 aliphatic rings. The Labute approximate surface area is 167 Å². The molecule has 1 heterocycles. The van der Waals surface area contributed by atoms with Crippen LogP contribution >= 0.6 is 11.8 Å². The third kappa shape index (κ3) is 4.40. The molecule has 0 unspecified atom stereocenters. The molecule has 0 bridgehead atoms. The number of ether oxygens (including phenoxy) is 1. The predicted octanol–water partition coefficient (Wildman–Crippen LogP) is 3.60. The number of thioether (sulfide) groups is 1. The molecule has 1 amide bonds. The lowest BCUT2D eigenvalue weighted by atomic mass is 10.1. The zero-order valence-corrected chi connectivity index (χ0v) is 16.6. The molecule has 1 N–H and O–H groups in total. The Balaban J connectivity index is 1.71. The minimum Gasteiger partial charge on any atom is -0.495 e. The number of nitrogens with one attached hydrogen (secondary N) is 1. The van der Waals surface area contributed by atoms with Crippen molar-refractivity contribution in [3.05, 3.63) is 60.4 Å². The first kappa shape index (κ1) is 19.6. The van der Waals surface area contributed by atoms with Crippen molar-refractivity contribution >= 4 is 29.1 Å². The van der Waals surface area contributed by atoms with Gasteiger partial charge in [0.15, 0.2) is 10.9 Å². The van der Waals surface area contributed by atoms with Crippen LogP contribution in [0.1, 0.15) is 24.2 Å². The van der Waals surface area contributed by atoms with Crippen LogP contribution in [0.4, 0.5) is 5.69 Å². The molecule has 7 nitrogen and oxygen atoms in total. The van der Waals surface area contributed by atoms with Crippen molar-refractivity contribution in [1.82, 2.24) is 14.8 Å². The van der Waals surface area contributed by atoms with Gasteiger partial charge in [-0.05, 0) is 50.2 Å². The summed E-state index contributed by atoms with van der Waals surface area (Å²) in [7, 11) is 1.60. The molecule has 3 rings (SSSR count). The molecule has 28 heavy (non-hydrogen) atoms. The maximum absolute atomic E-state index is 12.5. The van der Waals surface area contributed by atoms with Gasteiger partial charge in [-0.3, -0.25) is 14.2 Å². The van der Waals surface area contributed by atoms with Crippen molar-refractivity contribution in [1.29, 1.82) is 0 Å². The second-order valence-electron chi connectivity index (χ2n) is 6.04. The van der Waals surface area contributed by atoms with Crippen LogP contribution in [0.25, 0.3) is 5.69 Å². The Morgan fingerprint density at radius 2 is 1.86 bits per heavy atom. The van der Waals surface area contributed by atoms with Crippen molar-refractivity contribution in [3.8, 4) is 11.4 Å². The molecule has 0 spiro atoms. The molecule has 1 aromatic heterocycles. The summed E-state index contributed by atoms with van der Waals surface area (Å²) in [4.78, 5) is 23.9. The number of aromatic nitrogens is 3. The normalized spacial score (nSPS) is 11.7. The summed E-state index contributed by atoms with van der Waals surface area (Å²) in [5, 5.41) is 11.1. The molecule has 0 radical (unpaired) electrons. The Hall–Kier alpha value is -3.13. The lowest BCUT2D eigenvalue weighted by Crippen LogP contribution is -2.22. The average molecular weight is 396 g/mol. The highest BCUT2D eigenvalue weighted by molar-refractivity contribution is 8.00. The monoisotopic (exact) mass is 396 g/mol. The highest BCUT2D eigenvalue weighted by atomic mass is 32.2. The largest absolute Gasteiger partial charge is 0.495 e.